The highest BCUT2D eigenvalue weighted by Gasteiger charge is 2.36. The minimum absolute atomic E-state index is 0.0718. The Morgan fingerprint density at radius 1 is 1.38 bits per heavy atom. The number of aromatic hydroxyl groups is 1. The second-order valence-electron chi connectivity index (χ2n) is 4.82. The van der Waals surface area contributed by atoms with Crippen molar-refractivity contribution in [3.05, 3.63) is 27.7 Å². The molecule has 16 heavy (non-hydrogen) atoms. The summed E-state index contributed by atoms with van der Waals surface area (Å²) >= 11 is 3.63. The lowest BCUT2D eigenvalue weighted by atomic mass is 9.78. The van der Waals surface area contributed by atoms with E-state index in [0.717, 1.165) is 22.9 Å². The largest absolute Gasteiger partial charge is 0.508 e. The van der Waals surface area contributed by atoms with Crippen molar-refractivity contribution in [2.75, 3.05) is 6.54 Å². The molecule has 1 aromatic carbocycles. The number of benzene rings is 1. The first-order chi connectivity index (χ1) is 7.59. The van der Waals surface area contributed by atoms with Crippen LogP contribution in [0.5, 0.6) is 5.75 Å². The van der Waals surface area contributed by atoms with Gasteiger partial charge in [0.1, 0.15) is 5.75 Å². The van der Waals surface area contributed by atoms with E-state index in [4.69, 9.17) is 5.73 Å². The minimum atomic E-state index is 0.0718. The van der Waals surface area contributed by atoms with Gasteiger partial charge in [0, 0.05) is 16.4 Å². The maximum Gasteiger partial charge on any atom is 0.116 e. The highest BCUT2D eigenvalue weighted by molar-refractivity contribution is 9.10. The third kappa shape index (κ3) is 1.87. The van der Waals surface area contributed by atoms with E-state index in [0.29, 0.717) is 12.3 Å². The van der Waals surface area contributed by atoms with E-state index in [1.54, 1.807) is 6.07 Å². The first kappa shape index (κ1) is 11.9. The van der Waals surface area contributed by atoms with Gasteiger partial charge in [-0.25, -0.2) is 0 Å². The Bertz CT molecular complexity index is 397. The standard InChI is InChI=1S/C13H18BrNO/c1-9-6-10(16)7-11(12(9)14)13(8-15)4-2-3-5-13/h6-7,16H,2-5,8,15H2,1H3. The quantitative estimate of drug-likeness (QED) is 0.875. The molecule has 2 nitrogen and oxygen atoms in total. The second kappa shape index (κ2) is 4.38. The van der Waals surface area contributed by atoms with E-state index in [1.807, 2.05) is 13.0 Å². The van der Waals surface area contributed by atoms with Crippen molar-refractivity contribution in [1.29, 1.82) is 0 Å². The van der Waals surface area contributed by atoms with Crippen molar-refractivity contribution in [2.45, 2.75) is 38.0 Å². The maximum absolute atomic E-state index is 9.73. The van der Waals surface area contributed by atoms with Crippen molar-refractivity contribution < 1.29 is 5.11 Å². The normalized spacial score (nSPS) is 18.9. The Labute approximate surface area is 105 Å². The van der Waals surface area contributed by atoms with Gasteiger partial charge >= 0.3 is 0 Å². The molecule has 1 aromatic rings. The summed E-state index contributed by atoms with van der Waals surface area (Å²) in [6.45, 7) is 2.67. The summed E-state index contributed by atoms with van der Waals surface area (Å²) in [6.07, 6.45) is 4.73. The van der Waals surface area contributed by atoms with Gasteiger partial charge in [-0.15, -0.1) is 0 Å². The maximum atomic E-state index is 9.73. The summed E-state index contributed by atoms with van der Waals surface area (Å²) in [5.74, 6) is 0.343. The van der Waals surface area contributed by atoms with E-state index in [2.05, 4.69) is 15.9 Å². The second-order valence-corrected chi connectivity index (χ2v) is 5.61. The first-order valence-corrected chi connectivity index (χ1v) is 6.58. The van der Waals surface area contributed by atoms with Gasteiger partial charge in [-0.1, -0.05) is 28.8 Å². The van der Waals surface area contributed by atoms with Crippen LogP contribution in [0.1, 0.15) is 36.8 Å². The molecule has 1 aliphatic rings. The summed E-state index contributed by atoms with van der Waals surface area (Å²) in [7, 11) is 0. The predicted molar refractivity (Wildman–Crippen MR) is 69.7 cm³/mol. The number of phenols is 1. The molecule has 3 heteroatoms. The molecular formula is C13H18BrNO. The van der Waals surface area contributed by atoms with Crippen molar-refractivity contribution in [3.63, 3.8) is 0 Å². The molecule has 1 fully saturated rings. The summed E-state index contributed by atoms with van der Waals surface area (Å²) < 4.78 is 1.11. The van der Waals surface area contributed by atoms with Crippen LogP contribution in [0.3, 0.4) is 0 Å². The van der Waals surface area contributed by atoms with Gasteiger partial charge in [0.25, 0.3) is 0 Å². The third-order valence-corrected chi connectivity index (χ3v) is 4.81. The summed E-state index contributed by atoms with van der Waals surface area (Å²) in [4.78, 5) is 0. The van der Waals surface area contributed by atoms with Crippen LogP contribution >= 0.6 is 15.9 Å². The molecule has 2 rings (SSSR count). The lowest BCUT2D eigenvalue weighted by Gasteiger charge is -2.29. The van der Waals surface area contributed by atoms with Gasteiger partial charge in [-0.05, 0) is 43.0 Å². The zero-order valence-corrected chi connectivity index (χ0v) is 11.2. The van der Waals surface area contributed by atoms with Crippen molar-refractivity contribution in [3.8, 4) is 5.75 Å². The van der Waals surface area contributed by atoms with Crippen LogP contribution in [-0.2, 0) is 5.41 Å². The fourth-order valence-corrected chi connectivity index (χ4v) is 3.42. The zero-order valence-electron chi connectivity index (χ0n) is 9.59. The Kier molecular flexibility index (Phi) is 3.27. The van der Waals surface area contributed by atoms with Gasteiger partial charge in [0.05, 0.1) is 0 Å². The lowest BCUT2D eigenvalue weighted by molar-refractivity contribution is 0.439. The highest BCUT2D eigenvalue weighted by atomic mass is 79.9. The van der Waals surface area contributed by atoms with Crippen molar-refractivity contribution in [1.82, 2.24) is 0 Å². The molecule has 88 valence electrons. The van der Waals surface area contributed by atoms with Crippen LogP contribution in [0.15, 0.2) is 16.6 Å². The van der Waals surface area contributed by atoms with Crippen LogP contribution in [0.4, 0.5) is 0 Å². The zero-order chi connectivity index (χ0) is 11.8. The lowest BCUT2D eigenvalue weighted by Crippen LogP contribution is -2.32. The van der Waals surface area contributed by atoms with Crippen LogP contribution in [0.2, 0.25) is 0 Å². The monoisotopic (exact) mass is 283 g/mol. The van der Waals surface area contributed by atoms with Crippen LogP contribution in [0, 0.1) is 6.92 Å². The van der Waals surface area contributed by atoms with Crippen molar-refractivity contribution >= 4 is 15.9 Å². The molecule has 0 atom stereocenters. The topological polar surface area (TPSA) is 46.2 Å². The van der Waals surface area contributed by atoms with Gasteiger partial charge in [-0.3, -0.25) is 0 Å². The number of phenolic OH excluding ortho intramolecular Hbond substituents is 1. The number of halogens is 1. The fourth-order valence-electron chi connectivity index (χ4n) is 2.77. The average Bonchev–Trinajstić information content (AvgIpc) is 2.73. The highest BCUT2D eigenvalue weighted by Crippen LogP contribution is 2.45. The number of nitrogens with two attached hydrogens (primary N) is 1. The Balaban J connectivity index is 2.53. The molecule has 0 unspecified atom stereocenters. The minimum Gasteiger partial charge on any atom is -0.508 e. The molecule has 3 N–H and O–H groups in total. The number of hydrogen-bond donors (Lipinski definition) is 2. The molecule has 0 aromatic heterocycles. The fraction of sp³-hybridized carbons (Fsp3) is 0.538. The van der Waals surface area contributed by atoms with E-state index < -0.39 is 0 Å². The SMILES string of the molecule is Cc1cc(O)cc(C2(CN)CCCC2)c1Br. The summed E-state index contributed by atoms with van der Waals surface area (Å²) in [5, 5.41) is 9.73. The molecule has 0 saturated heterocycles. The van der Waals surface area contributed by atoms with E-state index in [-0.39, 0.29) is 5.41 Å². The Hall–Kier alpha value is -0.540. The molecule has 1 aliphatic carbocycles. The van der Waals surface area contributed by atoms with Gasteiger partial charge in [0.2, 0.25) is 0 Å². The predicted octanol–water partition coefficient (Wildman–Crippen LogP) is 3.23. The van der Waals surface area contributed by atoms with E-state index >= 15 is 0 Å². The first-order valence-electron chi connectivity index (χ1n) is 5.79. The molecule has 0 radical (unpaired) electrons. The molecule has 0 heterocycles. The Morgan fingerprint density at radius 2 is 2.00 bits per heavy atom. The average molecular weight is 284 g/mol. The van der Waals surface area contributed by atoms with Crippen molar-refractivity contribution in [2.24, 2.45) is 5.73 Å². The van der Waals surface area contributed by atoms with E-state index in [1.165, 1.54) is 18.4 Å². The summed E-state index contributed by atoms with van der Waals surface area (Å²) in [5.41, 5.74) is 8.30. The molecule has 1 saturated carbocycles. The molecule has 0 bridgehead atoms. The number of rotatable bonds is 2. The third-order valence-electron chi connectivity index (χ3n) is 3.76. The van der Waals surface area contributed by atoms with Gasteiger partial charge in [-0.2, -0.15) is 0 Å². The van der Waals surface area contributed by atoms with E-state index in [9.17, 15) is 5.11 Å². The molecule has 0 amide bonds. The van der Waals surface area contributed by atoms with Gasteiger partial charge in [0.15, 0.2) is 0 Å². The number of aryl methyl sites for hydroxylation is 1. The van der Waals surface area contributed by atoms with Gasteiger partial charge < -0.3 is 10.8 Å². The smallest absolute Gasteiger partial charge is 0.116 e. The number of hydrogen-bond acceptors (Lipinski definition) is 2. The summed E-state index contributed by atoms with van der Waals surface area (Å²) in [6, 6.07) is 3.65. The van der Waals surface area contributed by atoms with Crippen LogP contribution in [-0.4, -0.2) is 11.7 Å². The molecule has 0 aliphatic heterocycles. The molecular weight excluding hydrogens is 266 g/mol. The molecule has 0 spiro atoms. The Morgan fingerprint density at radius 3 is 2.56 bits per heavy atom. The van der Waals surface area contributed by atoms with Crippen LogP contribution < -0.4 is 5.73 Å². The van der Waals surface area contributed by atoms with Crippen LogP contribution in [0.25, 0.3) is 0 Å².